The lowest BCUT2D eigenvalue weighted by molar-refractivity contribution is -0.434. The second kappa shape index (κ2) is 17.7. The zero-order chi connectivity index (χ0) is 41.6. The fraction of sp³-hybridized carbons (Fsp3) is 0.174. The van der Waals surface area contributed by atoms with Crippen LogP contribution < -0.4 is 11.5 Å². The average molecular weight is 897 g/mol. The highest BCUT2D eigenvalue weighted by atomic mass is 32.3. The number of carbonyl (C=O) groups is 1. The molecule has 55 heavy (non-hydrogen) atoms. The first kappa shape index (κ1) is 45.1. The average Bonchev–Trinajstić information content (AvgIpc) is 3.05. The van der Waals surface area contributed by atoms with Gasteiger partial charge in [0.1, 0.15) is 38.1 Å². The van der Waals surface area contributed by atoms with Crippen molar-refractivity contribution in [2.45, 2.75) is 19.6 Å². The molecule has 0 heterocycles. The Bertz CT molecular complexity index is 2600. The Morgan fingerprint density at radius 2 is 1.11 bits per heavy atom. The third-order valence-corrected chi connectivity index (χ3v) is 12.3. The fourth-order valence-electron chi connectivity index (χ4n) is 3.98. The maximum atomic E-state index is 12.7. The van der Waals surface area contributed by atoms with Gasteiger partial charge in [-0.15, -0.1) is 24.8 Å². The van der Waals surface area contributed by atoms with Crippen LogP contribution in [0.3, 0.4) is 0 Å². The predicted octanol–water partition coefficient (Wildman–Crippen LogP) is 2.24. The highest BCUT2D eigenvalue weighted by Gasteiger charge is 2.26. The fourth-order valence-corrected chi connectivity index (χ4v) is 8.37. The van der Waals surface area contributed by atoms with E-state index < -0.39 is 140 Å². The topological polar surface area (TPSA) is 427 Å². The van der Waals surface area contributed by atoms with Crippen LogP contribution in [-0.2, 0) is 68.0 Å². The monoisotopic (exact) mass is 896 g/mol. The van der Waals surface area contributed by atoms with Crippen LogP contribution >= 0.6 is 12.3 Å². The molecule has 0 unspecified atom stereocenters. The number of carboxylic acids is 1. The standard InChI is InChI=1S/C23H24N6O20S6/c24-14-11-15(25)22(29-27-17-4-2-13(10-19(17)54(40,41)42)52(35,36)8-6-47-55(43,44)45)20(23(30)31)21(14)28-26-16-3-1-12(9-18(16)53(37,38)39)51(33,34)7-5-46-50-49-48-32/h1-4,9-11,32H,5-8,24-25H2,(H,30,31)(H,37,38,39)(H,40,41,42)(H,43,44,45). The van der Waals surface area contributed by atoms with E-state index >= 15 is 0 Å². The molecule has 0 spiro atoms. The Morgan fingerprint density at radius 1 is 0.673 bits per heavy atom. The van der Waals surface area contributed by atoms with Crippen molar-refractivity contribution in [3.05, 3.63) is 48.0 Å². The number of nitrogens with two attached hydrogens (primary N) is 2. The lowest BCUT2D eigenvalue weighted by Crippen LogP contribution is -2.16. The van der Waals surface area contributed by atoms with E-state index in [2.05, 4.69) is 38.2 Å². The number of aromatic carboxylic acids is 1. The first-order valence-corrected chi connectivity index (χ1v) is 21.9. The lowest BCUT2D eigenvalue weighted by atomic mass is 10.1. The van der Waals surface area contributed by atoms with Crippen LogP contribution in [0.1, 0.15) is 10.4 Å². The van der Waals surface area contributed by atoms with Gasteiger partial charge in [-0.1, -0.05) is 5.04 Å². The quantitative estimate of drug-likeness (QED) is 0.0172. The molecule has 9 N–H and O–H groups in total. The second-order valence-corrected chi connectivity index (χ2v) is 18.6. The van der Waals surface area contributed by atoms with Gasteiger partial charge >= 0.3 is 16.4 Å². The molecule has 0 radical (unpaired) electrons. The Morgan fingerprint density at radius 3 is 1.49 bits per heavy atom. The summed E-state index contributed by atoms with van der Waals surface area (Å²) in [4.78, 5) is 8.62. The summed E-state index contributed by atoms with van der Waals surface area (Å²) in [6.45, 7) is -1.65. The van der Waals surface area contributed by atoms with Crippen molar-refractivity contribution in [2.75, 3.05) is 36.2 Å². The normalized spacial score (nSPS) is 13.2. The molecule has 32 heteroatoms. The van der Waals surface area contributed by atoms with Crippen LogP contribution in [0.4, 0.5) is 34.1 Å². The molecule has 0 saturated heterocycles. The summed E-state index contributed by atoms with van der Waals surface area (Å²) in [6.07, 6.45) is 0. The molecule has 3 aromatic carbocycles. The first-order chi connectivity index (χ1) is 25.3. The van der Waals surface area contributed by atoms with Gasteiger partial charge in [0, 0.05) is 0 Å². The molecule has 0 saturated carbocycles. The van der Waals surface area contributed by atoms with Crippen molar-refractivity contribution in [1.82, 2.24) is 0 Å². The minimum Gasteiger partial charge on any atom is -0.478 e. The molecule has 0 fully saturated rings. The molecule has 0 atom stereocenters. The van der Waals surface area contributed by atoms with Gasteiger partial charge in [-0.25, -0.2) is 31.1 Å². The molecule has 3 rings (SSSR count). The number of nitrogen functional groups attached to an aromatic ring is 2. The summed E-state index contributed by atoms with van der Waals surface area (Å²) in [5.74, 6) is -3.74. The van der Waals surface area contributed by atoms with Crippen LogP contribution in [0.15, 0.2) is 82.5 Å². The van der Waals surface area contributed by atoms with Crippen molar-refractivity contribution in [3.8, 4) is 0 Å². The van der Waals surface area contributed by atoms with Crippen LogP contribution in [0.2, 0.25) is 0 Å². The van der Waals surface area contributed by atoms with Gasteiger partial charge in [-0.3, -0.25) is 17.8 Å². The Balaban J connectivity index is 2.10. The molecular weight excluding hydrogens is 873 g/mol. The number of benzene rings is 3. The van der Waals surface area contributed by atoms with Crippen LogP contribution in [-0.4, -0.2) is 96.8 Å². The van der Waals surface area contributed by atoms with Gasteiger partial charge in [0.25, 0.3) is 20.2 Å². The number of hydrogen-bond donors (Lipinski definition) is 7. The smallest absolute Gasteiger partial charge is 0.397 e. The summed E-state index contributed by atoms with van der Waals surface area (Å²) < 4.78 is 161. The highest BCUT2D eigenvalue weighted by molar-refractivity contribution is 7.92. The zero-order valence-corrected chi connectivity index (χ0v) is 31.5. The van der Waals surface area contributed by atoms with Gasteiger partial charge in [0.2, 0.25) is 0 Å². The number of rotatable bonds is 19. The van der Waals surface area contributed by atoms with Gasteiger partial charge in [-0.05, 0) is 42.5 Å². The van der Waals surface area contributed by atoms with Gasteiger partial charge < -0.3 is 16.6 Å². The summed E-state index contributed by atoms with van der Waals surface area (Å²) in [7, 11) is -24.4. The van der Waals surface area contributed by atoms with E-state index in [1.165, 1.54) is 0 Å². The van der Waals surface area contributed by atoms with E-state index in [1.54, 1.807) is 0 Å². The van der Waals surface area contributed by atoms with E-state index in [9.17, 15) is 61.1 Å². The van der Waals surface area contributed by atoms with E-state index in [0.29, 0.717) is 18.2 Å². The molecular formula is C23H24N6O20S6. The molecule has 0 aliphatic heterocycles. The zero-order valence-electron chi connectivity index (χ0n) is 26.6. The van der Waals surface area contributed by atoms with Gasteiger partial charge in [0.05, 0.1) is 45.9 Å². The highest BCUT2D eigenvalue weighted by Crippen LogP contribution is 2.42. The molecule has 3 aromatic rings. The number of nitrogens with zero attached hydrogens (tertiary/aromatic N) is 4. The van der Waals surface area contributed by atoms with E-state index in [0.717, 1.165) is 24.3 Å². The Hall–Kier alpha value is -4.29. The minimum absolute atomic E-state index is 0.0663. The maximum Gasteiger partial charge on any atom is 0.397 e. The summed E-state index contributed by atoms with van der Waals surface area (Å²) in [6, 6.07) is 4.84. The molecule has 0 aromatic heterocycles. The first-order valence-electron chi connectivity index (χ1n) is 13.6. The van der Waals surface area contributed by atoms with Crippen molar-refractivity contribution in [1.29, 1.82) is 0 Å². The van der Waals surface area contributed by atoms with Gasteiger partial charge in [-0.2, -0.15) is 25.3 Å². The van der Waals surface area contributed by atoms with E-state index in [-0.39, 0.29) is 12.3 Å². The molecule has 0 aliphatic rings. The lowest BCUT2D eigenvalue weighted by Gasteiger charge is -2.11. The molecule has 0 aliphatic carbocycles. The van der Waals surface area contributed by atoms with Gasteiger partial charge in [0.15, 0.2) is 32.0 Å². The van der Waals surface area contributed by atoms with Crippen LogP contribution in [0, 0.1) is 0 Å². The second-order valence-electron chi connectivity index (χ2n) is 9.96. The van der Waals surface area contributed by atoms with E-state index in [1.807, 2.05) is 0 Å². The van der Waals surface area contributed by atoms with Crippen molar-refractivity contribution in [3.63, 3.8) is 0 Å². The van der Waals surface area contributed by atoms with Crippen molar-refractivity contribution < 1.29 is 88.6 Å². The number of anilines is 2. The SMILES string of the molecule is Nc1cc(N)c(N=Nc2ccc(S(=O)(=O)CCOS(=O)(=O)O)cc2S(=O)(=O)O)c(C(=O)O)c1N=Nc1ccc(S(=O)(=O)CCOSOOO)cc1S(=O)(=O)O. The largest absolute Gasteiger partial charge is 0.478 e. The van der Waals surface area contributed by atoms with Crippen molar-refractivity contribution in [2.24, 2.45) is 20.5 Å². The maximum absolute atomic E-state index is 12.7. The number of hydrogen-bond acceptors (Lipinski definition) is 23. The predicted molar refractivity (Wildman–Crippen MR) is 183 cm³/mol. The Kier molecular flexibility index (Phi) is 14.5. The van der Waals surface area contributed by atoms with Crippen molar-refractivity contribution >= 4 is 103 Å². The number of azo groups is 2. The molecule has 0 bridgehead atoms. The minimum atomic E-state index is -5.31. The summed E-state index contributed by atoms with van der Waals surface area (Å²) in [5, 5.41) is 35.7. The third kappa shape index (κ3) is 12.4. The summed E-state index contributed by atoms with van der Waals surface area (Å²) >= 11 is 0.0663. The molecule has 302 valence electrons. The number of sulfone groups is 2. The molecule has 0 amide bonds. The molecule has 26 nitrogen and oxygen atoms in total. The number of carboxylic acid groups (broad SMARTS) is 1. The summed E-state index contributed by atoms with van der Waals surface area (Å²) in [5.41, 5.74) is 6.64. The van der Waals surface area contributed by atoms with Crippen LogP contribution in [0.5, 0.6) is 0 Å². The van der Waals surface area contributed by atoms with E-state index in [4.69, 9.17) is 21.3 Å². The van der Waals surface area contributed by atoms with Crippen LogP contribution in [0.25, 0.3) is 0 Å². The third-order valence-electron chi connectivity index (χ3n) is 6.32. The Labute approximate surface area is 314 Å².